The van der Waals surface area contributed by atoms with Crippen molar-refractivity contribution in [2.24, 2.45) is 0 Å². The number of likely N-dealkylation sites (tertiary alicyclic amines) is 1. The first kappa shape index (κ1) is 10.5. The molecule has 0 saturated carbocycles. The summed E-state index contributed by atoms with van der Waals surface area (Å²) < 4.78 is 0. The number of amides is 1. The first-order valence-corrected chi connectivity index (χ1v) is 4.71. The summed E-state index contributed by atoms with van der Waals surface area (Å²) in [4.78, 5) is 13.7. The van der Waals surface area contributed by atoms with Gasteiger partial charge in [-0.25, -0.2) is 0 Å². The van der Waals surface area contributed by atoms with Gasteiger partial charge >= 0.3 is 0 Å². The summed E-state index contributed by atoms with van der Waals surface area (Å²) in [5, 5.41) is 11.6. The van der Waals surface area contributed by atoms with E-state index in [2.05, 4.69) is 5.32 Å². The molecule has 1 aliphatic heterocycles. The van der Waals surface area contributed by atoms with Gasteiger partial charge in [-0.2, -0.15) is 0 Å². The van der Waals surface area contributed by atoms with Gasteiger partial charge in [-0.05, 0) is 32.9 Å². The summed E-state index contributed by atoms with van der Waals surface area (Å²) in [5.74, 6) is 0.0292. The van der Waals surface area contributed by atoms with E-state index < -0.39 is 5.54 Å². The van der Waals surface area contributed by atoms with Crippen molar-refractivity contribution in [3.05, 3.63) is 0 Å². The minimum Gasteiger partial charge on any atom is -0.396 e. The molecule has 0 unspecified atom stereocenters. The second kappa shape index (κ2) is 4.07. The first-order valence-electron chi connectivity index (χ1n) is 4.71. The molecule has 4 nitrogen and oxygen atoms in total. The van der Waals surface area contributed by atoms with Gasteiger partial charge in [0, 0.05) is 13.7 Å². The van der Waals surface area contributed by atoms with Gasteiger partial charge in [0.05, 0.1) is 0 Å². The molecular formula is C9H18N2O2. The molecule has 0 aromatic carbocycles. The number of aliphatic hydroxyl groups is 1. The van der Waals surface area contributed by atoms with E-state index in [1.807, 2.05) is 11.9 Å². The summed E-state index contributed by atoms with van der Waals surface area (Å²) in [6, 6.07) is 0. The molecule has 0 aliphatic carbocycles. The molecule has 0 spiro atoms. The minimum absolute atomic E-state index is 0.0292. The molecule has 0 radical (unpaired) electrons. The van der Waals surface area contributed by atoms with E-state index in [0.717, 1.165) is 19.4 Å². The van der Waals surface area contributed by atoms with Crippen molar-refractivity contribution in [1.29, 1.82) is 0 Å². The molecule has 1 heterocycles. The number of nitrogens with zero attached hydrogens (tertiary/aromatic N) is 1. The van der Waals surface area contributed by atoms with Crippen LogP contribution in [0.15, 0.2) is 0 Å². The molecule has 1 rings (SSSR count). The molecule has 1 saturated heterocycles. The van der Waals surface area contributed by atoms with Gasteiger partial charge in [-0.1, -0.05) is 0 Å². The van der Waals surface area contributed by atoms with Crippen LogP contribution in [0.5, 0.6) is 0 Å². The van der Waals surface area contributed by atoms with Crippen molar-refractivity contribution in [3.63, 3.8) is 0 Å². The van der Waals surface area contributed by atoms with Gasteiger partial charge in [0.1, 0.15) is 5.54 Å². The van der Waals surface area contributed by atoms with Crippen LogP contribution in [0.2, 0.25) is 0 Å². The van der Waals surface area contributed by atoms with Crippen LogP contribution < -0.4 is 5.32 Å². The molecule has 13 heavy (non-hydrogen) atoms. The van der Waals surface area contributed by atoms with Crippen LogP contribution in [0.3, 0.4) is 0 Å². The van der Waals surface area contributed by atoms with Gasteiger partial charge in [0.2, 0.25) is 5.91 Å². The highest BCUT2D eigenvalue weighted by Crippen LogP contribution is 2.30. The Labute approximate surface area is 78.9 Å². The summed E-state index contributed by atoms with van der Waals surface area (Å²) >= 11 is 0. The lowest BCUT2D eigenvalue weighted by Crippen LogP contribution is -2.53. The van der Waals surface area contributed by atoms with Crippen molar-refractivity contribution in [1.82, 2.24) is 10.2 Å². The zero-order chi connectivity index (χ0) is 9.90. The molecule has 0 bridgehead atoms. The Hall–Kier alpha value is -0.610. The van der Waals surface area contributed by atoms with Gasteiger partial charge in [0.15, 0.2) is 0 Å². The fraction of sp³-hybridized carbons (Fsp3) is 0.889. The fourth-order valence-electron chi connectivity index (χ4n) is 2.15. The average molecular weight is 186 g/mol. The van der Waals surface area contributed by atoms with E-state index >= 15 is 0 Å². The van der Waals surface area contributed by atoms with Crippen molar-refractivity contribution >= 4 is 5.91 Å². The molecule has 1 aliphatic rings. The quantitative estimate of drug-likeness (QED) is 0.629. The maximum atomic E-state index is 11.7. The zero-order valence-corrected chi connectivity index (χ0v) is 8.34. The average Bonchev–Trinajstić information content (AvgIpc) is 2.48. The summed E-state index contributed by atoms with van der Waals surface area (Å²) in [5.41, 5.74) is -0.455. The van der Waals surface area contributed by atoms with E-state index in [-0.39, 0.29) is 12.5 Å². The Kier molecular flexibility index (Phi) is 3.27. The van der Waals surface area contributed by atoms with Gasteiger partial charge in [-0.3, -0.25) is 9.69 Å². The Bertz CT molecular complexity index is 196. The second-order valence-corrected chi connectivity index (χ2v) is 3.61. The highest BCUT2D eigenvalue weighted by molar-refractivity contribution is 5.86. The minimum atomic E-state index is -0.455. The van der Waals surface area contributed by atoms with Crippen molar-refractivity contribution in [2.45, 2.75) is 24.8 Å². The largest absolute Gasteiger partial charge is 0.396 e. The maximum Gasteiger partial charge on any atom is 0.240 e. The van der Waals surface area contributed by atoms with Crippen LogP contribution in [0.25, 0.3) is 0 Å². The van der Waals surface area contributed by atoms with Crippen LogP contribution in [0, 0.1) is 0 Å². The lowest BCUT2D eigenvalue weighted by Gasteiger charge is -2.33. The van der Waals surface area contributed by atoms with E-state index in [1.54, 1.807) is 7.05 Å². The fourth-order valence-corrected chi connectivity index (χ4v) is 2.15. The van der Waals surface area contributed by atoms with E-state index in [4.69, 9.17) is 5.11 Å². The van der Waals surface area contributed by atoms with Crippen LogP contribution in [-0.2, 0) is 4.79 Å². The van der Waals surface area contributed by atoms with Crippen molar-refractivity contribution < 1.29 is 9.90 Å². The predicted octanol–water partition coefficient (Wildman–Crippen LogP) is -0.421. The number of aliphatic hydroxyl groups excluding tert-OH is 1. The molecule has 1 atom stereocenters. The number of nitrogens with one attached hydrogen (secondary N) is 1. The van der Waals surface area contributed by atoms with Crippen LogP contribution in [0.4, 0.5) is 0 Å². The number of hydrogen-bond donors (Lipinski definition) is 2. The Balaban J connectivity index is 2.79. The highest BCUT2D eigenvalue weighted by atomic mass is 16.3. The molecular weight excluding hydrogens is 168 g/mol. The number of rotatable bonds is 3. The second-order valence-electron chi connectivity index (χ2n) is 3.61. The Morgan fingerprint density at radius 2 is 2.38 bits per heavy atom. The van der Waals surface area contributed by atoms with E-state index in [1.165, 1.54) is 0 Å². The lowest BCUT2D eigenvalue weighted by molar-refractivity contribution is -0.131. The van der Waals surface area contributed by atoms with Crippen LogP contribution >= 0.6 is 0 Å². The molecule has 1 amide bonds. The summed E-state index contributed by atoms with van der Waals surface area (Å²) in [6.07, 6.45) is 2.41. The zero-order valence-electron chi connectivity index (χ0n) is 8.34. The summed E-state index contributed by atoms with van der Waals surface area (Å²) in [7, 11) is 3.59. The SMILES string of the molecule is CNC(=O)[C@]1(CCO)CCCN1C. The van der Waals surface area contributed by atoms with Gasteiger partial charge in [0.25, 0.3) is 0 Å². The van der Waals surface area contributed by atoms with E-state index in [9.17, 15) is 4.79 Å². The number of carbonyl (C=O) groups excluding carboxylic acids is 1. The maximum absolute atomic E-state index is 11.7. The molecule has 76 valence electrons. The molecule has 2 N–H and O–H groups in total. The highest BCUT2D eigenvalue weighted by Gasteiger charge is 2.44. The smallest absolute Gasteiger partial charge is 0.240 e. The Morgan fingerprint density at radius 1 is 1.69 bits per heavy atom. The first-order chi connectivity index (χ1) is 6.17. The molecule has 0 aromatic rings. The Morgan fingerprint density at radius 3 is 2.77 bits per heavy atom. The van der Waals surface area contributed by atoms with Crippen LogP contribution in [-0.4, -0.2) is 48.7 Å². The molecule has 4 heteroatoms. The number of likely N-dealkylation sites (N-methyl/N-ethyl adjacent to an activating group) is 2. The van der Waals surface area contributed by atoms with Crippen LogP contribution in [0.1, 0.15) is 19.3 Å². The van der Waals surface area contributed by atoms with Crippen molar-refractivity contribution in [2.75, 3.05) is 27.2 Å². The normalized spacial score (nSPS) is 29.2. The van der Waals surface area contributed by atoms with E-state index in [0.29, 0.717) is 6.42 Å². The standard InChI is InChI=1S/C9H18N2O2/c1-10-8(13)9(5-7-12)4-3-6-11(9)2/h12H,3-7H2,1-2H3,(H,10,13)/t9-/m1/s1. The molecule has 0 aromatic heterocycles. The predicted molar refractivity (Wildman–Crippen MR) is 50.4 cm³/mol. The number of carbonyl (C=O) groups is 1. The lowest BCUT2D eigenvalue weighted by atomic mass is 9.91. The number of hydrogen-bond acceptors (Lipinski definition) is 3. The topological polar surface area (TPSA) is 52.6 Å². The van der Waals surface area contributed by atoms with Gasteiger partial charge in [-0.15, -0.1) is 0 Å². The molecule has 1 fully saturated rings. The summed E-state index contributed by atoms with van der Waals surface area (Å²) in [6.45, 7) is 1.01. The third-order valence-corrected chi connectivity index (χ3v) is 2.99. The third kappa shape index (κ3) is 1.69. The monoisotopic (exact) mass is 186 g/mol. The van der Waals surface area contributed by atoms with Crippen molar-refractivity contribution in [3.8, 4) is 0 Å². The van der Waals surface area contributed by atoms with Gasteiger partial charge < -0.3 is 10.4 Å². The third-order valence-electron chi connectivity index (χ3n) is 2.99.